The zero-order valence-corrected chi connectivity index (χ0v) is 18.5. The molecule has 0 saturated carbocycles. The Bertz CT molecular complexity index is 1300. The van der Waals surface area contributed by atoms with E-state index in [0.717, 1.165) is 17.8 Å². The van der Waals surface area contributed by atoms with Gasteiger partial charge in [0.1, 0.15) is 17.1 Å². The summed E-state index contributed by atoms with van der Waals surface area (Å²) in [5, 5.41) is 9.69. The van der Waals surface area contributed by atoms with Crippen molar-refractivity contribution in [3.05, 3.63) is 71.3 Å². The molecule has 2 heterocycles. The van der Waals surface area contributed by atoms with E-state index in [2.05, 4.69) is 4.98 Å². The molecule has 0 amide bonds. The van der Waals surface area contributed by atoms with Crippen LogP contribution < -0.4 is 4.74 Å². The van der Waals surface area contributed by atoms with Crippen molar-refractivity contribution in [2.24, 2.45) is 0 Å². The zero-order chi connectivity index (χ0) is 24.5. The number of nitrogens with zero attached hydrogens (tertiary/aromatic N) is 1. The van der Waals surface area contributed by atoms with Crippen molar-refractivity contribution in [3.8, 4) is 17.2 Å². The van der Waals surface area contributed by atoms with Crippen molar-refractivity contribution in [3.63, 3.8) is 0 Å². The molecule has 4 rings (SSSR count). The molecule has 6 nitrogen and oxygen atoms in total. The standard InChI is InChI=1S/C25H22F3NO5/c1-14(2)23-20(34-24(29-23)15-3-5-17(6-4-15)25(26,27)28)9-10-32-18-7-8-19-16(11-22(30)31)13-33-21(19)12-18/h3-8,12-14H,9-11H2,1-2H3,(H,30,31). The molecule has 2 aromatic carbocycles. The summed E-state index contributed by atoms with van der Waals surface area (Å²) < 4.78 is 55.6. The van der Waals surface area contributed by atoms with Crippen molar-refractivity contribution in [2.75, 3.05) is 6.61 Å². The SMILES string of the molecule is CC(C)c1nc(-c2ccc(C(F)(F)F)cc2)oc1CCOc1ccc2c(CC(=O)O)coc2c1. The van der Waals surface area contributed by atoms with E-state index >= 15 is 0 Å². The third kappa shape index (κ3) is 5.08. The molecule has 0 aliphatic carbocycles. The predicted molar refractivity (Wildman–Crippen MR) is 118 cm³/mol. The number of benzene rings is 2. The van der Waals surface area contributed by atoms with Crippen LogP contribution in [0, 0.1) is 0 Å². The van der Waals surface area contributed by atoms with Crippen LogP contribution in [0.3, 0.4) is 0 Å². The van der Waals surface area contributed by atoms with Gasteiger partial charge >= 0.3 is 12.1 Å². The molecule has 4 aromatic rings. The lowest BCUT2D eigenvalue weighted by atomic mass is 10.1. The molecule has 2 aromatic heterocycles. The maximum absolute atomic E-state index is 12.8. The van der Waals surface area contributed by atoms with Crippen LogP contribution in [-0.2, 0) is 23.8 Å². The van der Waals surface area contributed by atoms with Gasteiger partial charge in [0.25, 0.3) is 0 Å². The van der Waals surface area contributed by atoms with Crippen LogP contribution in [0.5, 0.6) is 5.75 Å². The minimum atomic E-state index is -4.41. The summed E-state index contributed by atoms with van der Waals surface area (Å²) in [6.07, 6.45) is -2.70. The van der Waals surface area contributed by atoms with Crippen LogP contribution in [0.4, 0.5) is 13.2 Å². The summed E-state index contributed by atoms with van der Waals surface area (Å²) in [5.74, 6) is 0.529. The molecular weight excluding hydrogens is 451 g/mol. The van der Waals surface area contributed by atoms with Crippen molar-refractivity contribution in [2.45, 2.75) is 38.8 Å². The van der Waals surface area contributed by atoms with Gasteiger partial charge in [-0.2, -0.15) is 13.2 Å². The van der Waals surface area contributed by atoms with E-state index in [1.807, 2.05) is 13.8 Å². The van der Waals surface area contributed by atoms with Gasteiger partial charge in [-0.25, -0.2) is 4.98 Å². The maximum atomic E-state index is 12.8. The molecular formula is C25H22F3NO5. The molecule has 0 spiro atoms. The highest BCUT2D eigenvalue weighted by molar-refractivity contribution is 5.86. The highest BCUT2D eigenvalue weighted by Crippen LogP contribution is 2.32. The topological polar surface area (TPSA) is 85.7 Å². The lowest BCUT2D eigenvalue weighted by Gasteiger charge is -2.07. The number of hydrogen-bond acceptors (Lipinski definition) is 5. The molecule has 0 bridgehead atoms. The van der Waals surface area contributed by atoms with Gasteiger partial charge in [0, 0.05) is 29.0 Å². The highest BCUT2D eigenvalue weighted by Gasteiger charge is 2.30. The average Bonchev–Trinajstić information content (AvgIpc) is 3.37. The van der Waals surface area contributed by atoms with Gasteiger partial charge in [-0.3, -0.25) is 4.79 Å². The molecule has 0 fully saturated rings. The minimum absolute atomic E-state index is 0.0501. The Kier molecular flexibility index (Phi) is 6.37. The van der Waals surface area contributed by atoms with E-state index in [0.29, 0.717) is 40.0 Å². The minimum Gasteiger partial charge on any atom is -0.493 e. The van der Waals surface area contributed by atoms with Crippen LogP contribution in [0.15, 0.2) is 57.6 Å². The number of aliphatic carboxylic acids is 1. The summed E-state index contributed by atoms with van der Waals surface area (Å²) in [4.78, 5) is 15.4. The zero-order valence-electron chi connectivity index (χ0n) is 18.5. The molecule has 9 heteroatoms. The van der Waals surface area contributed by atoms with Gasteiger partial charge in [0.15, 0.2) is 0 Å². The first-order chi connectivity index (χ1) is 16.1. The normalized spacial score (nSPS) is 11.9. The number of carboxylic acids is 1. The Labute approximate surface area is 193 Å². The molecule has 0 radical (unpaired) electrons. The van der Waals surface area contributed by atoms with Crippen LogP contribution in [-0.4, -0.2) is 22.7 Å². The quantitative estimate of drug-likeness (QED) is 0.315. The Balaban J connectivity index is 1.46. The second kappa shape index (κ2) is 9.24. The smallest absolute Gasteiger partial charge is 0.416 e. The van der Waals surface area contributed by atoms with E-state index < -0.39 is 17.7 Å². The van der Waals surface area contributed by atoms with E-state index in [1.165, 1.54) is 18.4 Å². The Hall–Kier alpha value is -3.75. The van der Waals surface area contributed by atoms with E-state index in [1.54, 1.807) is 18.2 Å². The van der Waals surface area contributed by atoms with Crippen LogP contribution in [0.25, 0.3) is 22.4 Å². The summed E-state index contributed by atoms with van der Waals surface area (Å²) in [5.41, 5.74) is 1.57. The lowest BCUT2D eigenvalue weighted by Crippen LogP contribution is -2.04. The van der Waals surface area contributed by atoms with Gasteiger partial charge in [-0.15, -0.1) is 0 Å². The predicted octanol–water partition coefficient (Wildman–Crippen LogP) is 6.48. The fraction of sp³-hybridized carbons (Fsp3) is 0.280. The number of carboxylic acid groups (broad SMARTS) is 1. The monoisotopic (exact) mass is 473 g/mol. The average molecular weight is 473 g/mol. The second-order valence-corrected chi connectivity index (χ2v) is 8.15. The van der Waals surface area contributed by atoms with E-state index in [4.69, 9.17) is 18.7 Å². The van der Waals surface area contributed by atoms with Gasteiger partial charge < -0.3 is 18.7 Å². The molecule has 1 N–H and O–H groups in total. The van der Waals surface area contributed by atoms with E-state index in [9.17, 15) is 18.0 Å². The molecule has 0 saturated heterocycles. The van der Waals surface area contributed by atoms with Crippen molar-refractivity contribution in [1.29, 1.82) is 0 Å². The number of rotatable bonds is 8. The maximum Gasteiger partial charge on any atom is 0.416 e. The van der Waals surface area contributed by atoms with Crippen molar-refractivity contribution < 1.29 is 36.6 Å². The van der Waals surface area contributed by atoms with Crippen LogP contribution in [0.2, 0.25) is 0 Å². The molecule has 0 unspecified atom stereocenters. The molecule has 0 atom stereocenters. The third-order valence-corrected chi connectivity index (χ3v) is 5.30. The highest BCUT2D eigenvalue weighted by atomic mass is 19.4. The first-order valence-corrected chi connectivity index (χ1v) is 10.6. The summed E-state index contributed by atoms with van der Waals surface area (Å²) in [6.45, 7) is 4.19. The lowest BCUT2D eigenvalue weighted by molar-refractivity contribution is -0.138. The number of aromatic nitrogens is 1. The summed E-state index contributed by atoms with van der Waals surface area (Å²) in [6, 6.07) is 9.88. The first-order valence-electron chi connectivity index (χ1n) is 10.6. The van der Waals surface area contributed by atoms with Crippen LogP contribution in [0.1, 0.15) is 42.3 Å². The number of ether oxygens (including phenoxy) is 1. The van der Waals surface area contributed by atoms with Crippen LogP contribution >= 0.6 is 0 Å². The largest absolute Gasteiger partial charge is 0.493 e. The number of furan rings is 1. The number of oxazole rings is 1. The summed E-state index contributed by atoms with van der Waals surface area (Å²) in [7, 11) is 0. The van der Waals surface area contributed by atoms with Crippen molar-refractivity contribution >= 4 is 16.9 Å². The van der Waals surface area contributed by atoms with Gasteiger partial charge in [-0.05, 0) is 42.3 Å². The van der Waals surface area contributed by atoms with Gasteiger partial charge in [0.05, 0.1) is 30.5 Å². The molecule has 0 aliphatic rings. The Morgan fingerprint density at radius 2 is 1.88 bits per heavy atom. The Morgan fingerprint density at radius 3 is 2.53 bits per heavy atom. The molecule has 0 aliphatic heterocycles. The Morgan fingerprint density at radius 1 is 1.15 bits per heavy atom. The van der Waals surface area contributed by atoms with Gasteiger partial charge in [-0.1, -0.05) is 13.8 Å². The number of alkyl halides is 3. The first kappa shape index (κ1) is 23.4. The number of fused-ring (bicyclic) bond motifs is 1. The number of halogens is 3. The molecule has 178 valence electrons. The third-order valence-electron chi connectivity index (χ3n) is 5.30. The number of hydrogen-bond donors (Lipinski definition) is 1. The second-order valence-electron chi connectivity index (χ2n) is 8.15. The van der Waals surface area contributed by atoms with Gasteiger partial charge in [0.2, 0.25) is 5.89 Å². The number of carbonyl (C=O) groups is 1. The van der Waals surface area contributed by atoms with E-state index in [-0.39, 0.29) is 24.8 Å². The van der Waals surface area contributed by atoms with Crippen molar-refractivity contribution in [1.82, 2.24) is 4.98 Å². The summed E-state index contributed by atoms with van der Waals surface area (Å²) >= 11 is 0. The molecule has 34 heavy (non-hydrogen) atoms. The fourth-order valence-electron chi connectivity index (χ4n) is 3.63. The fourth-order valence-corrected chi connectivity index (χ4v) is 3.63.